The SMILES string of the molecule is CCN(Cc1cccc(-n2nc3ccc(OC)cc3n2)c1O)c1ccc(C=C(C(=O)O)C(=O)O)cc1. The molecule has 0 unspecified atom stereocenters. The molecule has 184 valence electrons. The molecule has 0 aliphatic heterocycles. The van der Waals surface area contributed by atoms with Crippen LogP contribution in [-0.4, -0.2) is 55.9 Å². The minimum Gasteiger partial charge on any atom is -0.505 e. The van der Waals surface area contributed by atoms with Crippen molar-refractivity contribution >= 4 is 34.7 Å². The van der Waals surface area contributed by atoms with E-state index in [-0.39, 0.29) is 5.75 Å². The number of ether oxygens (including phenoxy) is 1. The molecule has 0 aliphatic carbocycles. The predicted molar refractivity (Wildman–Crippen MR) is 133 cm³/mol. The highest BCUT2D eigenvalue weighted by atomic mass is 16.5. The maximum Gasteiger partial charge on any atom is 0.343 e. The molecule has 0 saturated heterocycles. The second-order valence-corrected chi connectivity index (χ2v) is 7.90. The lowest BCUT2D eigenvalue weighted by Gasteiger charge is -2.24. The number of anilines is 1. The summed E-state index contributed by atoms with van der Waals surface area (Å²) in [4.78, 5) is 25.6. The Morgan fingerprint density at radius 1 is 1.00 bits per heavy atom. The standard InChI is InChI=1S/C26H24N4O6/c1-3-29(18-9-7-16(8-10-18)13-20(25(32)33)26(34)35)15-17-5-4-6-23(24(17)31)30-27-21-12-11-19(36-2)14-22(21)28-30/h4-14,31H,3,15H2,1-2H3,(H,32,33)(H,34,35). The van der Waals surface area contributed by atoms with Crippen LogP contribution in [0.5, 0.6) is 11.5 Å². The maximum atomic E-state index is 11.1. The molecule has 3 aromatic carbocycles. The Labute approximate surface area is 206 Å². The Morgan fingerprint density at radius 2 is 1.69 bits per heavy atom. The van der Waals surface area contributed by atoms with Crippen molar-refractivity contribution < 1.29 is 29.6 Å². The number of phenolic OH excluding ortho intramolecular Hbond substituents is 1. The molecule has 0 spiro atoms. The number of aromatic nitrogens is 3. The zero-order chi connectivity index (χ0) is 25.8. The largest absolute Gasteiger partial charge is 0.505 e. The van der Waals surface area contributed by atoms with Crippen LogP contribution in [0, 0.1) is 0 Å². The molecule has 0 radical (unpaired) electrons. The average molecular weight is 489 g/mol. The number of para-hydroxylation sites is 1. The van der Waals surface area contributed by atoms with E-state index in [1.165, 1.54) is 4.80 Å². The second-order valence-electron chi connectivity index (χ2n) is 7.90. The summed E-state index contributed by atoms with van der Waals surface area (Å²) < 4.78 is 5.24. The molecule has 10 nitrogen and oxygen atoms in total. The molecule has 0 atom stereocenters. The lowest BCUT2D eigenvalue weighted by atomic mass is 10.1. The van der Waals surface area contributed by atoms with E-state index in [0.717, 1.165) is 11.8 Å². The summed E-state index contributed by atoms with van der Waals surface area (Å²) in [6.07, 6.45) is 1.11. The Balaban J connectivity index is 1.59. The van der Waals surface area contributed by atoms with Gasteiger partial charge in [-0.2, -0.15) is 0 Å². The third-order valence-electron chi connectivity index (χ3n) is 5.67. The molecule has 4 aromatic rings. The minimum absolute atomic E-state index is 0.0512. The normalized spacial score (nSPS) is 10.7. The maximum absolute atomic E-state index is 11.1. The van der Waals surface area contributed by atoms with Gasteiger partial charge in [0.25, 0.3) is 0 Å². The minimum atomic E-state index is -1.50. The highest BCUT2D eigenvalue weighted by molar-refractivity contribution is 6.16. The number of hydrogen-bond donors (Lipinski definition) is 3. The van der Waals surface area contributed by atoms with Crippen molar-refractivity contribution in [1.29, 1.82) is 0 Å². The van der Waals surface area contributed by atoms with Crippen molar-refractivity contribution in [3.63, 3.8) is 0 Å². The molecule has 0 saturated carbocycles. The average Bonchev–Trinajstić information content (AvgIpc) is 3.29. The molecule has 0 bridgehead atoms. The number of nitrogens with zero attached hydrogens (tertiary/aromatic N) is 4. The van der Waals surface area contributed by atoms with Gasteiger partial charge in [-0.3, -0.25) is 0 Å². The van der Waals surface area contributed by atoms with E-state index in [9.17, 15) is 14.7 Å². The number of carboxylic acids is 2. The van der Waals surface area contributed by atoms with Crippen LogP contribution in [-0.2, 0) is 16.1 Å². The van der Waals surface area contributed by atoms with Crippen molar-refractivity contribution in [2.24, 2.45) is 0 Å². The Bertz CT molecular complexity index is 1440. The van der Waals surface area contributed by atoms with Crippen LogP contribution >= 0.6 is 0 Å². The first kappa shape index (κ1) is 24.3. The van der Waals surface area contributed by atoms with Crippen molar-refractivity contribution in [3.8, 4) is 17.2 Å². The summed E-state index contributed by atoms with van der Waals surface area (Å²) >= 11 is 0. The van der Waals surface area contributed by atoms with Crippen molar-refractivity contribution in [2.45, 2.75) is 13.5 Å². The second kappa shape index (κ2) is 10.2. The summed E-state index contributed by atoms with van der Waals surface area (Å²) in [7, 11) is 1.58. The first-order valence-electron chi connectivity index (χ1n) is 11.1. The number of phenols is 1. The lowest BCUT2D eigenvalue weighted by Crippen LogP contribution is -2.22. The number of aliphatic carboxylic acids is 2. The first-order valence-corrected chi connectivity index (χ1v) is 11.1. The van der Waals surface area contributed by atoms with Gasteiger partial charge in [-0.25, -0.2) is 9.59 Å². The lowest BCUT2D eigenvalue weighted by molar-refractivity contribution is -0.140. The summed E-state index contributed by atoms with van der Waals surface area (Å²) in [5, 5.41) is 38.1. The van der Waals surface area contributed by atoms with E-state index >= 15 is 0 Å². The number of fused-ring (bicyclic) bond motifs is 1. The topological polar surface area (TPSA) is 138 Å². The summed E-state index contributed by atoms with van der Waals surface area (Å²) in [6, 6.07) is 17.6. The number of methoxy groups -OCH3 is 1. The van der Waals surface area contributed by atoms with Crippen LogP contribution in [0.4, 0.5) is 5.69 Å². The van der Waals surface area contributed by atoms with Gasteiger partial charge in [0.1, 0.15) is 33.8 Å². The van der Waals surface area contributed by atoms with Crippen LogP contribution < -0.4 is 9.64 Å². The van der Waals surface area contributed by atoms with E-state index in [1.807, 2.05) is 24.0 Å². The fourth-order valence-corrected chi connectivity index (χ4v) is 3.75. The van der Waals surface area contributed by atoms with Gasteiger partial charge in [-0.15, -0.1) is 15.0 Å². The molecular formula is C26H24N4O6. The summed E-state index contributed by atoms with van der Waals surface area (Å²) in [5.74, 6) is -2.29. The molecule has 10 heteroatoms. The molecule has 1 heterocycles. The molecular weight excluding hydrogens is 464 g/mol. The number of rotatable bonds is 9. The van der Waals surface area contributed by atoms with Gasteiger partial charge in [0, 0.05) is 30.4 Å². The zero-order valence-corrected chi connectivity index (χ0v) is 19.6. The van der Waals surface area contributed by atoms with Crippen LogP contribution in [0.25, 0.3) is 22.8 Å². The van der Waals surface area contributed by atoms with Gasteiger partial charge >= 0.3 is 11.9 Å². The van der Waals surface area contributed by atoms with Crippen LogP contribution in [0.3, 0.4) is 0 Å². The first-order chi connectivity index (χ1) is 17.3. The molecule has 0 amide bonds. The summed E-state index contributed by atoms with van der Waals surface area (Å²) in [6.45, 7) is 2.98. The van der Waals surface area contributed by atoms with Gasteiger partial charge in [-0.05, 0) is 48.9 Å². The zero-order valence-electron chi connectivity index (χ0n) is 19.6. The van der Waals surface area contributed by atoms with E-state index in [1.54, 1.807) is 55.6 Å². The van der Waals surface area contributed by atoms with E-state index in [2.05, 4.69) is 10.2 Å². The van der Waals surface area contributed by atoms with E-state index in [0.29, 0.717) is 46.7 Å². The van der Waals surface area contributed by atoms with E-state index < -0.39 is 17.5 Å². The number of carboxylic acid groups (broad SMARTS) is 2. The van der Waals surface area contributed by atoms with Crippen LogP contribution in [0.15, 0.2) is 66.2 Å². The fraction of sp³-hybridized carbons (Fsp3) is 0.154. The fourth-order valence-electron chi connectivity index (χ4n) is 3.75. The number of benzene rings is 3. The molecule has 4 rings (SSSR count). The molecule has 3 N–H and O–H groups in total. The molecule has 1 aromatic heterocycles. The quantitative estimate of drug-likeness (QED) is 0.183. The van der Waals surface area contributed by atoms with Gasteiger partial charge in [0.2, 0.25) is 0 Å². The monoisotopic (exact) mass is 488 g/mol. The molecule has 36 heavy (non-hydrogen) atoms. The highest BCUT2D eigenvalue weighted by Crippen LogP contribution is 2.29. The van der Waals surface area contributed by atoms with Gasteiger partial charge in [-0.1, -0.05) is 24.3 Å². The summed E-state index contributed by atoms with van der Waals surface area (Å²) in [5.41, 5.74) is 2.96. The van der Waals surface area contributed by atoms with Crippen molar-refractivity contribution in [1.82, 2.24) is 15.0 Å². The third-order valence-corrected chi connectivity index (χ3v) is 5.67. The van der Waals surface area contributed by atoms with E-state index in [4.69, 9.17) is 14.9 Å². The molecule has 0 aliphatic rings. The number of hydrogen-bond acceptors (Lipinski definition) is 7. The Hall–Kier alpha value is -4.86. The third kappa shape index (κ3) is 4.97. The Kier molecular flexibility index (Phi) is 6.86. The number of aromatic hydroxyl groups is 1. The van der Waals surface area contributed by atoms with Crippen LogP contribution in [0.1, 0.15) is 18.1 Å². The molecule has 0 fully saturated rings. The Morgan fingerprint density at radius 3 is 2.33 bits per heavy atom. The smallest absolute Gasteiger partial charge is 0.343 e. The van der Waals surface area contributed by atoms with Gasteiger partial charge in [0.15, 0.2) is 0 Å². The number of carbonyl (C=O) groups is 2. The van der Waals surface area contributed by atoms with Crippen LogP contribution in [0.2, 0.25) is 0 Å². The van der Waals surface area contributed by atoms with Crippen molar-refractivity contribution in [3.05, 3.63) is 77.4 Å². The van der Waals surface area contributed by atoms with Crippen molar-refractivity contribution in [2.75, 3.05) is 18.6 Å². The van der Waals surface area contributed by atoms with Gasteiger partial charge in [0.05, 0.1) is 7.11 Å². The predicted octanol–water partition coefficient (Wildman–Crippen LogP) is 3.71. The highest BCUT2D eigenvalue weighted by Gasteiger charge is 2.17. The van der Waals surface area contributed by atoms with Gasteiger partial charge < -0.3 is 25.0 Å².